The van der Waals surface area contributed by atoms with Gasteiger partial charge in [-0.3, -0.25) is 4.98 Å². The number of aromatic nitrogens is 1. The molecule has 0 radical (unpaired) electrons. The average molecular weight is 270 g/mol. The Morgan fingerprint density at radius 2 is 1.80 bits per heavy atom. The summed E-state index contributed by atoms with van der Waals surface area (Å²) >= 11 is 0. The molecule has 2 aromatic rings. The fraction of sp³-hybridized carbons (Fsp3) is 0.353. The number of pyridine rings is 1. The van der Waals surface area contributed by atoms with E-state index in [1.54, 1.807) is 6.20 Å². The minimum Gasteiger partial charge on any atom is -0.456 e. The summed E-state index contributed by atoms with van der Waals surface area (Å²) in [5.41, 5.74) is 2.34. The SMILES string of the molecule is CCCNc1cncc(Oc2ccc(CCC)cc2)c1. The third-order valence-electron chi connectivity index (χ3n) is 2.99. The molecule has 1 heterocycles. The van der Waals surface area contributed by atoms with Gasteiger partial charge in [-0.05, 0) is 30.5 Å². The Morgan fingerprint density at radius 3 is 2.50 bits per heavy atom. The molecule has 1 N–H and O–H groups in total. The van der Waals surface area contributed by atoms with E-state index in [-0.39, 0.29) is 0 Å². The van der Waals surface area contributed by atoms with Gasteiger partial charge in [-0.1, -0.05) is 32.4 Å². The van der Waals surface area contributed by atoms with E-state index < -0.39 is 0 Å². The highest BCUT2D eigenvalue weighted by Gasteiger charge is 2.00. The van der Waals surface area contributed by atoms with Crippen molar-refractivity contribution in [3.05, 3.63) is 48.3 Å². The van der Waals surface area contributed by atoms with Gasteiger partial charge in [-0.25, -0.2) is 0 Å². The molecule has 3 heteroatoms. The summed E-state index contributed by atoms with van der Waals surface area (Å²) in [6.07, 6.45) is 6.90. The van der Waals surface area contributed by atoms with Crippen molar-refractivity contribution in [2.45, 2.75) is 33.1 Å². The maximum Gasteiger partial charge on any atom is 0.147 e. The molecule has 0 amide bonds. The number of nitrogens with one attached hydrogen (secondary N) is 1. The predicted octanol–water partition coefficient (Wildman–Crippen LogP) is 4.65. The van der Waals surface area contributed by atoms with Crippen LogP contribution < -0.4 is 10.1 Å². The molecule has 0 aliphatic rings. The van der Waals surface area contributed by atoms with Crippen LogP contribution in [0.25, 0.3) is 0 Å². The number of anilines is 1. The molecule has 0 unspecified atom stereocenters. The maximum atomic E-state index is 5.83. The number of rotatable bonds is 7. The lowest BCUT2D eigenvalue weighted by molar-refractivity contribution is 0.480. The van der Waals surface area contributed by atoms with Crippen molar-refractivity contribution in [3.8, 4) is 11.5 Å². The van der Waals surface area contributed by atoms with E-state index in [0.717, 1.165) is 43.0 Å². The van der Waals surface area contributed by atoms with Gasteiger partial charge in [-0.15, -0.1) is 0 Å². The second kappa shape index (κ2) is 7.53. The molecule has 0 bridgehead atoms. The van der Waals surface area contributed by atoms with Gasteiger partial charge in [-0.2, -0.15) is 0 Å². The molecule has 0 aliphatic carbocycles. The van der Waals surface area contributed by atoms with Gasteiger partial charge in [0.25, 0.3) is 0 Å². The van der Waals surface area contributed by atoms with Crippen LogP contribution in [-0.4, -0.2) is 11.5 Å². The Kier molecular flexibility index (Phi) is 5.42. The van der Waals surface area contributed by atoms with E-state index in [0.29, 0.717) is 0 Å². The molecule has 1 aromatic carbocycles. The second-order valence-electron chi connectivity index (χ2n) is 4.83. The monoisotopic (exact) mass is 270 g/mol. The minimum absolute atomic E-state index is 0.759. The summed E-state index contributed by atoms with van der Waals surface area (Å²) < 4.78 is 5.83. The summed E-state index contributed by atoms with van der Waals surface area (Å²) in [7, 11) is 0. The fourth-order valence-electron chi connectivity index (χ4n) is 1.99. The number of nitrogens with zero attached hydrogens (tertiary/aromatic N) is 1. The van der Waals surface area contributed by atoms with Crippen LogP contribution in [0.15, 0.2) is 42.7 Å². The summed E-state index contributed by atoms with van der Waals surface area (Å²) in [6, 6.07) is 10.2. The van der Waals surface area contributed by atoms with Crippen LogP contribution in [0.3, 0.4) is 0 Å². The summed E-state index contributed by atoms with van der Waals surface area (Å²) in [4.78, 5) is 4.19. The first-order valence-corrected chi connectivity index (χ1v) is 7.27. The van der Waals surface area contributed by atoms with Crippen LogP contribution in [0.1, 0.15) is 32.3 Å². The Balaban J connectivity index is 2.01. The zero-order chi connectivity index (χ0) is 14.2. The van der Waals surface area contributed by atoms with Crippen LogP contribution in [0, 0.1) is 0 Å². The molecule has 0 saturated carbocycles. The summed E-state index contributed by atoms with van der Waals surface area (Å²) in [5, 5.41) is 3.30. The largest absolute Gasteiger partial charge is 0.456 e. The standard InChI is InChI=1S/C17H22N2O/c1-3-5-14-6-8-16(9-7-14)20-17-11-15(12-18-13-17)19-10-4-2/h6-9,11-13,19H,3-5,10H2,1-2H3. The van der Waals surface area contributed by atoms with Crippen molar-refractivity contribution in [1.29, 1.82) is 0 Å². The van der Waals surface area contributed by atoms with Gasteiger partial charge >= 0.3 is 0 Å². The first kappa shape index (κ1) is 14.4. The Morgan fingerprint density at radius 1 is 1.00 bits per heavy atom. The average Bonchev–Trinajstić information content (AvgIpc) is 2.48. The Hall–Kier alpha value is -2.03. The highest BCUT2D eigenvalue weighted by Crippen LogP contribution is 2.23. The summed E-state index contributed by atoms with van der Waals surface area (Å²) in [5.74, 6) is 1.61. The van der Waals surface area contributed by atoms with E-state index in [1.807, 2.05) is 24.4 Å². The van der Waals surface area contributed by atoms with Crippen molar-refractivity contribution >= 4 is 5.69 Å². The topological polar surface area (TPSA) is 34.2 Å². The second-order valence-corrected chi connectivity index (χ2v) is 4.83. The first-order chi connectivity index (χ1) is 9.81. The fourth-order valence-corrected chi connectivity index (χ4v) is 1.99. The third kappa shape index (κ3) is 4.26. The number of ether oxygens (including phenoxy) is 1. The molecule has 0 atom stereocenters. The van der Waals surface area contributed by atoms with E-state index in [1.165, 1.54) is 5.56 Å². The number of benzene rings is 1. The molecule has 2 rings (SSSR count). The quantitative estimate of drug-likeness (QED) is 0.795. The van der Waals surface area contributed by atoms with E-state index in [9.17, 15) is 0 Å². The van der Waals surface area contributed by atoms with E-state index in [4.69, 9.17) is 4.74 Å². The highest BCUT2D eigenvalue weighted by atomic mass is 16.5. The molecule has 3 nitrogen and oxygen atoms in total. The molecule has 0 aliphatic heterocycles. The predicted molar refractivity (Wildman–Crippen MR) is 83.5 cm³/mol. The highest BCUT2D eigenvalue weighted by molar-refractivity contribution is 5.46. The molecular weight excluding hydrogens is 248 g/mol. The minimum atomic E-state index is 0.759. The lowest BCUT2D eigenvalue weighted by Gasteiger charge is -2.09. The maximum absolute atomic E-state index is 5.83. The van der Waals surface area contributed by atoms with Crippen LogP contribution in [0.5, 0.6) is 11.5 Å². The molecule has 0 fully saturated rings. The smallest absolute Gasteiger partial charge is 0.147 e. The van der Waals surface area contributed by atoms with Crippen molar-refractivity contribution in [1.82, 2.24) is 4.98 Å². The van der Waals surface area contributed by atoms with Crippen LogP contribution in [0.4, 0.5) is 5.69 Å². The van der Waals surface area contributed by atoms with Gasteiger partial charge in [0, 0.05) is 12.6 Å². The van der Waals surface area contributed by atoms with Gasteiger partial charge in [0.1, 0.15) is 11.5 Å². The van der Waals surface area contributed by atoms with Crippen LogP contribution in [0.2, 0.25) is 0 Å². The van der Waals surface area contributed by atoms with Crippen LogP contribution >= 0.6 is 0 Å². The van der Waals surface area contributed by atoms with Gasteiger partial charge in [0.05, 0.1) is 18.1 Å². The number of aryl methyl sites for hydroxylation is 1. The molecule has 106 valence electrons. The van der Waals surface area contributed by atoms with Gasteiger partial charge in [0.2, 0.25) is 0 Å². The lowest BCUT2D eigenvalue weighted by Crippen LogP contribution is -2.00. The van der Waals surface area contributed by atoms with Crippen LogP contribution in [-0.2, 0) is 6.42 Å². The number of hydrogen-bond acceptors (Lipinski definition) is 3. The van der Waals surface area contributed by atoms with Crippen molar-refractivity contribution < 1.29 is 4.74 Å². The lowest BCUT2D eigenvalue weighted by atomic mass is 10.1. The van der Waals surface area contributed by atoms with Crippen molar-refractivity contribution in [2.75, 3.05) is 11.9 Å². The molecule has 20 heavy (non-hydrogen) atoms. The normalized spacial score (nSPS) is 10.3. The van der Waals surface area contributed by atoms with E-state index in [2.05, 4.69) is 36.3 Å². The van der Waals surface area contributed by atoms with Gasteiger partial charge in [0.15, 0.2) is 0 Å². The van der Waals surface area contributed by atoms with Gasteiger partial charge < -0.3 is 10.1 Å². The first-order valence-electron chi connectivity index (χ1n) is 7.27. The van der Waals surface area contributed by atoms with Crippen molar-refractivity contribution in [3.63, 3.8) is 0 Å². The summed E-state index contributed by atoms with van der Waals surface area (Å²) in [6.45, 7) is 5.26. The molecular formula is C17H22N2O. The molecule has 1 aromatic heterocycles. The molecule has 0 saturated heterocycles. The van der Waals surface area contributed by atoms with E-state index >= 15 is 0 Å². The number of hydrogen-bond donors (Lipinski definition) is 1. The van der Waals surface area contributed by atoms with Crippen molar-refractivity contribution in [2.24, 2.45) is 0 Å². The zero-order valence-electron chi connectivity index (χ0n) is 12.2. The zero-order valence-corrected chi connectivity index (χ0v) is 12.2. The molecule has 0 spiro atoms. The Labute approximate surface area is 121 Å². The third-order valence-corrected chi connectivity index (χ3v) is 2.99. The Bertz CT molecular complexity index is 523.